The van der Waals surface area contributed by atoms with Crippen molar-refractivity contribution in [1.29, 1.82) is 5.26 Å². The normalized spacial score (nSPS) is 19.1. The highest BCUT2D eigenvalue weighted by Crippen LogP contribution is 2.40. The van der Waals surface area contributed by atoms with Crippen molar-refractivity contribution in [2.24, 2.45) is 0 Å². The molecular weight excluding hydrogens is 683 g/mol. The van der Waals surface area contributed by atoms with Gasteiger partial charge in [0.05, 0.1) is 30.2 Å². The maximum Gasteiger partial charge on any atom is 0.319 e. The Morgan fingerprint density at radius 2 is 1.75 bits per heavy atom. The molecule has 0 saturated carbocycles. The Morgan fingerprint density at radius 1 is 1.04 bits per heavy atom. The second kappa shape index (κ2) is 16.1. The van der Waals surface area contributed by atoms with Gasteiger partial charge < -0.3 is 19.3 Å². The van der Waals surface area contributed by atoms with Gasteiger partial charge in [-0.25, -0.2) is 4.39 Å². The first-order chi connectivity index (χ1) is 25.4. The Bertz CT molecular complexity index is 1980. The van der Waals surface area contributed by atoms with Gasteiger partial charge in [0.2, 0.25) is 5.91 Å². The number of nitrogens with zero attached hydrogens (tertiary/aromatic N) is 8. The van der Waals surface area contributed by atoms with Gasteiger partial charge in [-0.05, 0) is 50.2 Å². The zero-order chi connectivity index (χ0) is 36.1. The Kier molecular flexibility index (Phi) is 11.1. The molecule has 4 aliphatic rings. The monoisotopic (exact) mass is 726 g/mol. The number of pyridine rings is 1. The van der Waals surface area contributed by atoms with E-state index in [0.29, 0.717) is 54.6 Å². The lowest BCUT2D eigenvalue weighted by Crippen LogP contribution is -2.48. The molecule has 11 nitrogen and oxygen atoms in total. The summed E-state index contributed by atoms with van der Waals surface area (Å²) in [5.74, 6) is 0.0164. The van der Waals surface area contributed by atoms with E-state index in [0.717, 1.165) is 82.4 Å². The lowest BCUT2D eigenvalue weighted by Gasteiger charge is -2.35. The van der Waals surface area contributed by atoms with Crippen molar-refractivity contribution in [2.75, 3.05) is 83.6 Å². The van der Waals surface area contributed by atoms with E-state index in [4.69, 9.17) is 36.3 Å². The fourth-order valence-corrected chi connectivity index (χ4v) is 8.28. The second-order valence-corrected chi connectivity index (χ2v) is 14.1. The van der Waals surface area contributed by atoms with Gasteiger partial charge in [0.25, 0.3) is 0 Å². The maximum absolute atomic E-state index is 16.8. The zero-order valence-corrected chi connectivity index (χ0v) is 30.3. The van der Waals surface area contributed by atoms with Gasteiger partial charge in [-0.3, -0.25) is 19.6 Å². The molecule has 4 aliphatic heterocycles. The number of morpholine rings is 1. The number of aromatic nitrogens is 3. The molecule has 2 aromatic heterocycles. The number of hydrogen-bond acceptors (Lipinski definition) is 10. The fourth-order valence-electron chi connectivity index (χ4n) is 8.00. The number of nitriles is 1. The molecule has 0 N–H and O–H groups in total. The molecule has 0 atom stereocenters. The number of ether oxygens (including phenoxy) is 2. The minimum atomic E-state index is -0.542. The van der Waals surface area contributed by atoms with E-state index in [1.54, 1.807) is 24.4 Å². The van der Waals surface area contributed by atoms with E-state index in [1.165, 1.54) is 6.92 Å². The van der Waals surface area contributed by atoms with Crippen LogP contribution in [0.1, 0.15) is 32.6 Å². The highest BCUT2D eigenvalue weighted by molar-refractivity contribution is 6.36. The van der Waals surface area contributed by atoms with Crippen molar-refractivity contribution < 1.29 is 18.7 Å². The summed E-state index contributed by atoms with van der Waals surface area (Å²) in [5.41, 5.74) is 0.926. The predicted octanol–water partition coefficient (Wildman–Crippen LogP) is 5.71. The van der Waals surface area contributed by atoms with Gasteiger partial charge >= 0.3 is 6.01 Å². The van der Waals surface area contributed by atoms with E-state index < -0.39 is 5.82 Å². The summed E-state index contributed by atoms with van der Waals surface area (Å²) in [6.07, 6.45) is 9.72. The summed E-state index contributed by atoms with van der Waals surface area (Å²) in [5, 5.41) is 10.00. The van der Waals surface area contributed by atoms with Crippen LogP contribution in [0.3, 0.4) is 0 Å². The van der Waals surface area contributed by atoms with Gasteiger partial charge in [-0.15, -0.1) is 0 Å². The number of rotatable bonds is 8. The Labute approximate surface area is 308 Å². The number of halogens is 2. The molecule has 0 unspecified atom stereocenters. The Balaban J connectivity index is 0.00000136. The molecule has 2 aromatic carbocycles. The molecule has 4 aromatic rings. The molecule has 0 bridgehead atoms. The quantitative estimate of drug-likeness (QED) is 0.210. The first-order valence-electron chi connectivity index (χ1n) is 18.1. The van der Waals surface area contributed by atoms with Crippen LogP contribution in [0.2, 0.25) is 5.02 Å². The molecule has 4 saturated heterocycles. The van der Waals surface area contributed by atoms with Crippen LogP contribution >= 0.6 is 11.6 Å². The second-order valence-electron chi connectivity index (χ2n) is 13.7. The molecular formula is C39H44ClFN8O3. The predicted molar refractivity (Wildman–Crippen MR) is 200 cm³/mol. The van der Waals surface area contributed by atoms with Gasteiger partial charge in [0.1, 0.15) is 23.6 Å². The van der Waals surface area contributed by atoms with Gasteiger partial charge in [-0.1, -0.05) is 48.0 Å². The summed E-state index contributed by atoms with van der Waals surface area (Å²) in [6.45, 7) is 10.1. The van der Waals surface area contributed by atoms with Crippen LogP contribution in [0.25, 0.3) is 32.9 Å². The Morgan fingerprint density at radius 3 is 2.48 bits per heavy atom. The lowest BCUT2D eigenvalue weighted by molar-refractivity contribution is -0.126. The minimum absolute atomic E-state index is 0.00693. The highest BCUT2D eigenvalue weighted by Gasteiger charge is 2.45. The van der Waals surface area contributed by atoms with E-state index in [2.05, 4.69) is 19.7 Å². The van der Waals surface area contributed by atoms with Gasteiger partial charge in [-0.2, -0.15) is 15.2 Å². The zero-order valence-electron chi connectivity index (χ0n) is 29.6. The van der Waals surface area contributed by atoms with Crippen LogP contribution in [-0.2, 0) is 9.53 Å². The molecule has 272 valence electrons. The van der Waals surface area contributed by atoms with Crippen molar-refractivity contribution in [1.82, 2.24) is 29.7 Å². The maximum atomic E-state index is 16.8. The van der Waals surface area contributed by atoms with Crippen LogP contribution in [-0.4, -0.2) is 120 Å². The molecule has 6 heterocycles. The van der Waals surface area contributed by atoms with Crippen LogP contribution in [0.15, 0.2) is 54.7 Å². The van der Waals surface area contributed by atoms with Crippen LogP contribution in [0.5, 0.6) is 6.01 Å². The summed E-state index contributed by atoms with van der Waals surface area (Å²) in [6, 6.07) is 13.2. The number of carbonyl (C=O) groups excluding carboxylic acids is 1. The minimum Gasteiger partial charge on any atom is -0.461 e. The average Bonchev–Trinajstić information content (AvgIpc) is 3.76. The van der Waals surface area contributed by atoms with Crippen molar-refractivity contribution >= 4 is 45.0 Å². The lowest BCUT2D eigenvalue weighted by atomic mass is 9.95. The molecule has 52 heavy (non-hydrogen) atoms. The number of piperazine rings is 1. The summed E-state index contributed by atoms with van der Waals surface area (Å²) in [7, 11) is 0. The van der Waals surface area contributed by atoms with E-state index in [9.17, 15) is 4.79 Å². The summed E-state index contributed by atoms with van der Waals surface area (Å²) < 4.78 is 28.6. The van der Waals surface area contributed by atoms with Crippen molar-refractivity contribution in [3.63, 3.8) is 0 Å². The molecule has 13 heteroatoms. The third kappa shape index (κ3) is 7.41. The highest BCUT2D eigenvalue weighted by atomic mass is 35.5. The first kappa shape index (κ1) is 36.0. The van der Waals surface area contributed by atoms with Crippen LogP contribution in [0, 0.1) is 17.1 Å². The number of fused-ring (bicyclic) bond motifs is 3. The smallest absolute Gasteiger partial charge is 0.319 e. The van der Waals surface area contributed by atoms with Crippen LogP contribution < -0.4 is 9.64 Å². The van der Waals surface area contributed by atoms with Gasteiger partial charge in [0.15, 0.2) is 5.82 Å². The number of benzene rings is 2. The third-order valence-corrected chi connectivity index (χ3v) is 11.0. The summed E-state index contributed by atoms with van der Waals surface area (Å²) in [4.78, 5) is 36.0. The molecule has 8 rings (SSSR count). The molecule has 1 amide bonds. The van der Waals surface area contributed by atoms with Crippen molar-refractivity contribution in [2.45, 2.75) is 38.1 Å². The standard InChI is InChI=1S/C37H41ClFN7O3.C2H3N/c38-29-9-2-7-26-6-1-8-27(31(26)29)33-32(39)34-28(24-40-33)35(42-36(41-34)49-25-37-11-4-14-46(37)15-5-12-37)45-18-16-44(17-19-45)30(47)10-3-13-43-20-22-48-23-21-43;1-2-3/h1-3,6-10,24H,4-5,11-23,25H2;1H3/b10-3+;. The molecule has 4 fully saturated rings. The van der Waals surface area contributed by atoms with E-state index in [-0.39, 0.29) is 28.7 Å². The largest absolute Gasteiger partial charge is 0.461 e. The third-order valence-electron chi connectivity index (χ3n) is 10.7. The van der Waals surface area contributed by atoms with Crippen LogP contribution in [0.4, 0.5) is 10.2 Å². The number of anilines is 1. The van der Waals surface area contributed by atoms with Crippen molar-refractivity contribution in [3.05, 3.63) is 65.6 Å². The van der Waals surface area contributed by atoms with Gasteiger partial charge in [0, 0.05) is 81.0 Å². The number of carbonyl (C=O) groups is 1. The average molecular weight is 727 g/mol. The molecule has 0 spiro atoms. The van der Waals surface area contributed by atoms with E-state index in [1.807, 2.05) is 41.3 Å². The molecule has 0 aliphatic carbocycles. The SMILES string of the molecule is CC#N.O=C(/C=C/CN1CCOCC1)N1CCN(c2nc(OCC34CCCN3CCC4)nc3c(F)c(-c4cccc5cccc(Cl)c45)ncc23)CC1. The van der Waals surface area contributed by atoms with Crippen molar-refractivity contribution in [3.8, 4) is 23.3 Å². The number of amides is 1. The fraction of sp³-hybridized carbons (Fsp3) is 0.462. The van der Waals surface area contributed by atoms with E-state index >= 15 is 4.39 Å². The molecule has 0 radical (unpaired) electrons. The summed E-state index contributed by atoms with van der Waals surface area (Å²) >= 11 is 6.63. The number of hydrogen-bond donors (Lipinski definition) is 0. The first-order valence-corrected chi connectivity index (χ1v) is 18.5. The Hall–Kier alpha value is -4.41. The topological polar surface area (TPSA) is 111 Å².